The number of benzene rings is 2. The smallest absolute Gasteiger partial charge is 0.235 e. The molecule has 0 aliphatic rings. The Morgan fingerprint density at radius 1 is 1.09 bits per heavy atom. The number of carbonyl (C=O) groups is 1. The molecule has 122 valence electrons. The predicted octanol–water partition coefficient (Wildman–Crippen LogP) is 3.50. The first-order valence-corrected chi connectivity index (χ1v) is 8.76. The predicted molar refractivity (Wildman–Crippen MR) is 96.2 cm³/mol. The van der Waals surface area contributed by atoms with Gasteiger partial charge in [0.25, 0.3) is 0 Å². The maximum atomic E-state index is 12.4. The Balaban J connectivity index is 1.82. The van der Waals surface area contributed by atoms with Gasteiger partial charge in [-0.3, -0.25) is 4.79 Å². The van der Waals surface area contributed by atoms with Gasteiger partial charge in [-0.05, 0) is 18.1 Å². The third kappa shape index (κ3) is 5.41. The fourth-order valence-corrected chi connectivity index (χ4v) is 3.31. The molecule has 0 aliphatic heterocycles. The van der Waals surface area contributed by atoms with E-state index in [2.05, 4.69) is 0 Å². The lowest BCUT2D eigenvalue weighted by molar-refractivity contribution is -0.129. The molecule has 2 unspecified atom stereocenters. The molecule has 2 aromatic carbocycles. The van der Waals surface area contributed by atoms with Gasteiger partial charge in [-0.2, -0.15) is 0 Å². The highest BCUT2D eigenvalue weighted by molar-refractivity contribution is 8.00. The van der Waals surface area contributed by atoms with Crippen molar-refractivity contribution in [3.63, 3.8) is 0 Å². The Morgan fingerprint density at radius 3 is 2.26 bits per heavy atom. The number of hydrogen-bond acceptors (Lipinski definition) is 3. The monoisotopic (exact) mass is 329 g/mol. The van der Waals surface area contributed by atoms with Crippen molar-refractivity contribution < 1.29 is 9.90 Å². The van der Waals surface area contributed by atoms with E-state index in [1.165, 1.54) is 11.8 Å². The van der Waals surface area contributed by atoms with E-state index in [-0.39, 0.29) is 11.2 Å². The minimum absolute atomic E-state index is 0.0825. The summed E-state index contributed by atoms with van der Waals surface area (Å²) >= 11 is 1.49. The number of rotatable bonds is 7. The Morgan fingerprint density at radius 2 is 1.65 bits per heavy atom. The Hall–Kier alpha value is -1.78. The van der Waals surface area contributed by atoms with E-state index in [0.717, 1.165) is 11.1 Å². The van der Waals surface area contributed by atoms with E-state index >= 15 is 0 Å². The number of thioether (sulfide) groups is 1. The highest BCUT2D eigenvalue weighted by Crippen LogP contribution is 2.22. The lowest BCUT2D eigenvalue weighted by Gasteiger charge is -2.22. The van der Waals surface area contributed by atoms with Gasteiger partial charge in [-0.1, -0.05) is 60.7 Å². The SMILES string of the molecule is CC(SCC(O)c1ccccc1)C(=O)N(C)Cc1ccccc1. The van der Waals surface area contributed by atoms with Crippen molar-refractivity contribution in [2.24, 2.45) is 0 Å². The van der Waals surface area contributed by atoms with Gasteiger partial charge >= 0.3 is 0 Å². The summed E-state index contributed by atoms with van der Waals surface area (Å²) in [7, 11) is 1.82. The average molecular weight is 329 g/mol. The van der Waals surface area contributed by atoms with Crippen LogP contribution < -0.4 is 0 Å². The Bertz CT molecular complexity index is 603. The van der Waals surface area contributed by atoms with Gasteiger partial charge in [0.1, 0.15) is 0 Å². The van der Waals surface area contributed by atoms with Crippen molar-refractivity contribution in [2.75, 3.05) is 12.8 Å². The minimum atomic E-state index is -0.545. The molecule has 0 saturated carbocycles. The number of aliphatic hydroxyl groups excluding tert-OH is 1. The van der Waals surface area contributed by atoms with Crippen LogP contribution in [-0.4, -0.2) is 34.0 Å². The maximum absolute atomic E-state index is 12.4. The largest absolute Gasteiger partial charge is 0.388 e. The molecule has 1 N–H and O–H groups in total. The lowest BCUT2D eigenvalue weighted by Crippen LogP contribution is -2.33. The molecule has 4 heteroatoms. The van der Waals surface area contributed by atoms with E-state index in [1.807, 2.05) is 74.6 Å². The van der Waals surface area contributed by atoms with Gasteiger partial charge in [-0.25, -0.2) is 0 Å². The van der Waals surface area contributed by atoms with Gasteiger partial charge in [-0.15, -0.1) is 11.8 Å². The number of amides is 1. The zero-order valence-electron chi connectivity index (χ0n) is 13.6. The third-order valence-corrected chi connectivity index (χ3v) is 4.88. The van der Waals surface area contributed by atoms with Crippen LogP contribution in [-0.2, 0) is 11.3 Å². The quantitative estimate of drug-likeness (QED) is 0.845. The van der Waals surface area contributed by atoms with Crippen LogP contribution in [0.15, 0.2) is 60.7 Å². The molecule has 1 amide bonds. The van der Waals surface area contributed by atoms with E-state index in [1.54, 1.807) is 4.90 Å². The molecule has 2 atom stereocenters. The fraction of sp³-hybridized carbons (Fsp3) is 0.316. The maximum Gasteiger partial charge on any atom is 0.235 e. The highest BCUT2D eigenvalue weighted by atomic mass is 32.2. The molecule has 0 saturated heterocycles. The summed E-state index contributed by atoms with van der Waals surface area (Å²) in [5.41, 5.74) is 2.00. The second kappa shape index (κ2) is 8.75. The van der Waals surface area contributed by atoms with Crippen LogP contribution in [0, 0.1) is 0 Å². The summed E-state index contributed by atoms with van der Waals surface area (Å²) in [6.45, 7) is 2.50. The first-order valence-electron chi connectivity index (χ1n) is 7.71. The number of aliphatic hydroxyl groups is 1. The normalized spacial score (nSPS) is 13.3. The molecule has 0 radical (unpaired) electrons. The second-order valence-corrected chi connectivity index (χ2v) is 6.96. The molecule has 23 heavy (non-hydrogen) atoms. The van der Waals surface area contributed by atoms with E-state index in [4.69, 9.17) is 0 Å². The molecule has 0 spiro atoms. The highest BCUT2D eigenvalue weighted by Gasteiger charge is 2.19. The summed E-state index contributed by atoms with van der Waals surface area (Å²) < 4.78 is 0. The molecule has 0 aliphatic carbocycles. The van der Waals surface area contributed by atoms with Crippen LogP contribution in [0.25, 0.3) is 0 Å². The minimum Gasteiger partial charge on any atom is -0.388 e. The van der Waals surface area contributed by atoms with Gasteiger partial charge in [0.05, 0.1) is 11.4 Å². The van der Waals surface area contributed by atoms with Gasteiger partial charge in [0, 0.05) is 19.3 Å². The first kappa shape index (κ1) is 17.6. The summed E-state index contributed by atoms with van der Waals surface area (Å²) in [6, 6.07) is 19.5. The fourth-order valence-electron chi connectivity index (χ4n) is 2.32. The van der Waals surface area contributed by atoms with Crippen molar-refractivity contribution in [2.45, 2.75) is 24.8 Å². The van der Waals surface area contributed by atoms with Crippen LogP contribution >= 0.6 is 11.8 Å². The van der Waals surface area contributed by atoms with Crippen LogP contribution in [0.4, 0.5) is 0 Å². The standard InChI is InChI=1S/C19H23NO2S/c1-15(23-14-18(21)17-11-7-4-8-12-17)19(22)20(2)13-16-9-5-3-6-10-16/h3-12,15,18,21H,13-14H2,1-2H3. The van der Waals surface area contributed by atoms with Crippen molar-refractivity contribution in [3.8, 4) is 0 Å². The molecule has 2 rings (SSSR count). The second-order valence-electron chi connectivity index (χ2n) is 5.58. The molecule has 0 fully saturated rings. The van der Waals surface area contributed by atoms with Crippen LogP contribution in [0.5, 0.6) is 0 Å². The summed E-state index contributed by atoms with van der Waals surface area (Å²) in [5, 5.41) is 10.0. The number of hydrogen-bond donors (Lipinski definition) is 1. The average Bonchev–Trinajstić information content (AvgIpc) is 2.60. The van der Waals surface area contributed by atoms with Crippen molar-refractivity contribution >= 4 is 17.7 Å². The summed E-state index contributed by atoms with van der Waals surface area (Å²) in [5.74, 6) is 0.593. The lowest BCUT2D eigenvalue weighted by atomic mass is 10.1. The van der Waals surface area contributed by atoms with Crippen molar-refractivity contribution in [1.82, 2.24) is 4.90 Å². The topological polar surface area (TPSA) is 40.5 Å². The Kier molecular flexibility index (Phi) is 6.68. The van der Waals surface area contributed by atoms with E-state index in [0.29, 0.717) is 12.3 Å². The number of nitrogens with zero attached hydrogens (tertiary/aromatic N) is 1. The summed E-state index contributed by atoms with van der Waals surface area (Å²) in [4.78, 5) is 14.2. The summed E-state index contributed by atoms with van der Waals surface area (Å²) in [6.07, 6.45) is -0.545. The molecule has 0 heterocycles. The van der Waals surface area contributed by atoms with Gasteiger partial charge < -0.3 is 10.0 Å². The zero-order chi connectivity index (χ0) is 16.7. The van der Waals surface area contributed by atoms with Gasteiger partial charge in [0.2, 0.25) is 5.91 Å². The molecule has 0 aromatic heterocycles. The van der Waals surface area contributed by atoms with Crippen LogP contribution in [0.1, 0.15) is 24.2 Å². The van der Waals surface area contributed by atoms with Crippen molar-refractivity contribution in [3.05, 3.63) is 71.8 Å². The zero-order valence-corrected chi connectivity index (χ0v) is 14.4. The molecular formula is C19H23NO2S. The molecular weight excluding hydrogens is 306 g/mol. The van der Waals surface area contributed by atoms with Crippen molar-refractivity contribution in [1.29, 1.82) is 0 Å². The Labute approximate surface area is 142 Å². The van der Waals surface area contributed by atoms with Gasteiger partial charge in [0.15, 0.2) is 0 Å². The van der Waals surface area contributed by atoms with Crippen LogP contribution in [0.3, 0.4) is 0 Å². The molecule has 2 aromatic rings. The van der Waals surface area contributed by atoms with E-state index < -0.39 is 6.10 Å². The van der Waals surface area contributed by atoms with E-state index in [9.17, 15) is 9.90 Å². The third-order valence-electron chi connectivity index (χ3n) is 3.68. The molecule has 0 bridgehead atoms. The number of carbonyl (C=O) groups excluding carboxylic acids is 1. The van der Waals surface area contributed by atoms with Crippen LogP contribution in [0.2, 0.25) is 0 Å². The molecule has 3 nitrogen and oxygen atoms in total. The first-order chi connectivity index (χ1) is 11.1.